The van der Waals surface area contributed by atoms with Crippen LogP contribution in [-0.4, -0.2) is 71.3 Å². The monoisotopic (exact) mass is 939 g/mol. The maximum absolute atomic E-state index is 15.6. The Balaban J connectivity index is 1.25. The molecule has 4 aromatic carbocycles. The molecule has 2 aliphatic heterocycles. The van der Waals surface area contributed by atoms with Crippen LogP contribution in [0.25, 0.3) is 10.8 Å². The highest BCUT2D eigenvalue weighted by Gasteiger charge is 2.65. The zero-order valence-electron chi connectivity index (χ0n) is 41.0. The van der Waals surface area contributed by atoms with Crippen LogP contribution < -0.4 is 9.47 Å². The molecule has 4 aromatic rings. The number of aliphatic hydroxyl groups is 2. The fourth-order valence-corrected chi connectivity index (χ4v) is 12.3. The smallest absolute Gasteiger partial charge is 0.239 e. The number of carbonyl (C=O) groups excluding carboxylic acids is 1. The third kappa shape index (κ3) is 10.8. The molecule has 2 heterocycles. The van der Waals surface area contributed by atoms with Crippen molar-refractivity contribution in [2.24, 2.45) is 28.8 Å². The summed E-state index contributed by atoms with van der Waals surface area (Å²) >= 11 is 0. The standard InChI is InChI=1S/C59H74N2O8/c1-4-33-66-59-54(61(55(64)30-26-42-16-5-6-17-42)39-45-21-15-20-43-18-7-8-22-48(43)45)38-52(60-69-56-24-11-14-34-65-56)50-36-44(19-9-12-31-62)49(23-10-13-32-63)57(58(50)59)51-37-47(28-29-53(51)68-59)67-46-27-25-40(2)41(3)35-46/h4,7-8,15,18,20-22,25,27-29,35-37,42,44,49,54,56-58,62-63H,1,5-6,9-14,16-17,19,23-24,26,30-34,38-39H2,2-3H3/t44-,49+,54-,56?,57+,58+,59+/m0/s1. The molecule has 5 aliphatic rings. The molecule has 0 aromatic heterocycles. The first-order valence-electron chi connectivity index (χ1n) is 26.2. The van der Waals surface area contributed by atoms with Gasteiger partial charge in [0, 0.05) is 50.5 Å². The van der Waals surface area contributed by atoms with Crippen LogP contribution in [-0.2, 0) is 25.7 Å². The minimum Gasteiger partial charge on any atom is -0.459 e. The van der Waals surface area contributed by atoms with E-state index in [2.05, 4.69) is 92.1 Å². The van der Waals surface area contributed by atoms with Crippen LogP contribution in [0, 0.1) is 37.5 Å². The van der Waals surface area contributed by atoms with Gasteiger partial charge in [0.15, 0.2) is 0 Å². The van der Waals surface area contributed by atoms with Crippen LogP contribution in [0.1, 0.15) is 131 Å². The summed E-state index contributed by atoms with van der Waals surface area (Å²) in [6.07, 6.45) is 17.6. The molecule has 10 nitrogen and oxygen atoms in total. The minimum atomic E-state index is -1.37. The average Bonchev–Trinajstić information content (AvgIpc) is 3.90. The lowest BCUT2D eigenvalue weighted by atomic mass is 9.55. The van der Waals surface area contributed by atoms with E-state index >= 15 is 4.79 Å². The number of allylic oxidation sites excluding steroid dienone is 1. The molecule has 1 amide bonds. The highest BCUT2D eigenvalue weighted by Crippen LogP contribution is 2.62. The minimum absolute atomic E-state index is 0.0741. The summed E-state index contributed by atoms with van der Waals surface area (Å²) in [6.45, 7) is 9.78. The molecule has 69 heavy (non-hydrogen) atoms. The quantitative estimate of drug-likeness (QED) is 0.0482. The third-order valence-corrected chi connectivity index (χ3v) is 15.9. The van der Waals surface area contributed by atoms with Crippen molar-refractivity contribution in [2.45, 2.75) is 147 Å². The van der Waals surface area contributed by atoms with Gasteiger partial charge in [-0.25, -0.2) is 0 Å². The summed E-state index contributed by atoms with van der Waals surface area (Å²) < 4.78 is 27.8. The number of ether oxygens (including phenoxy) is 4. The molecule has 1 unspecified atom stereocenters. The van der Waals surface area contributed by atoms with E-state index in [4.69, 9.17) is 28.9 Å². The molecular formula is C59H74N2O8. The van der Waals surface area contributed by atoms with Crippen LogP contribution in [0.4, 0.5) is 0 Å². The Hall–Kier alpha value is -5.00. The number of unbranched alkanes of at least 4 members (excludes halogenated alkanes) is 2. The molecule has 3 fully saturated rings. The highest BCUT2D eigenvalue weighted by molar-refractivity contribution is 6.03. The van der Waals surface area contributed by atoms with Crippen molar-refractivity contribution in [3.8, 4) is 17.2 Å². The van der Waals surface area contributed by atoms with Gasteiger partial charge < -0.3 is 38.9 Å². The van der Waals surface area contributed by atoms with Crippen LogP contribution >= 0.6 is 0 Å². The first kappa shape index (κ1) is 49.0. The van der Waals surface area contributed by atoms with Crippen molar-refractivity contribution in [3.05, 3.63) is 125 Å². The van der Waals surface area contributed by atoms with Crippen LogP contribution in [0.3, 0.4) is 0 Å². The predicted octanol–water partition coefficient (Wildman–Crippen LogP) is 12.4. The van der Waals surface area contributed by atoms with E-state index in [1.54, 1.807) is 6.08 Å². The van der Waals surface area contributed by atoms with Gasteiger partial charge in [0.25, 0.3) is 0 Å². The van der Waals surface area contributed by atoms with Gasteiger partial charge in [-0.3, -0.25) is 4.79 Å². The second-order valence-electron chi connectivity index (χ2n) is 20.4. The molecule has 7 atom stereocenters. The van der Waals surface area contributed by atoms with E-state index in [1.807, 2.05) is 18.2 Å². The van der Waals surface area contributed by atoms with E-state index in [-0.39, 0.29) is 43.5 Å². The molecule has 2 N–H and O–H groups in total. The van der Waals surface area contributed by atoms with Crippen molar-refractivity contribution in [1.29, 1.82) is 0 Å². The Bertz CT molecular complexity index is 2450. The fourth-order valence-electron chi connectivity index (χ4n) is 12.3. The topological polar surface area (TPSA) is 119 Å². The highest BCUT2D eigenvalue weighted by atomic mass is 16.8. The van der Waals surface area contributed by atoms with Gasteiger partial charge in [-0.1, -0.05) is 104 Å². The zero-order chi connectivity index (χ0) is 47.7. The number of nitrogens with zero attached hydrogens (tertiary/aromatic N) is 2. The van der Waals surface area contributed by atoms with Gasteiger partial charge in [-0.05, 0) is 140 Å². The van der Waals surface area contributed by atoms with E-state index in [0.29, 0.717) is 56.3 Å². The van der Waals surface area contributed by atoms with E-state index in [0.717, 1.165) is 109 Å². The maximum atomic E-state index is 15.6. The molecule has 2 saturated carbocycles. The Morgan fingerprint density at radius 2 is 1.64 bits per heavy atom. The van der Waals surface area contributed by atoms with Crippen molar-refractivity contribution >= 4 is 22.4 Å². The summed E-state index contributed by atoms with van der Waals surface area (Å²) in [5.74, 6) is 0.999. The molecule has 3 aliphatic carbocycles. The second kappa shape index (κ2) is 22.8. The van der Waals surface area contributed by atoms with Gasteiger partial charge in [-0.2, -0.15) is 0 Å². The summed E-state index contributed by atoms with van der Waals surface area (Å²) in [5.41, 5.74) is 6.23. The largest absolute Gasteiger partial charge is 0.459 e. The van der Waals surface area contributed by atoms with Gasteiger partial charge in [0.1, 0.15) is 23.3 Å². The molecular weight excluding hydrogens is 865 g/mol. The molecule has 10 heteroatoms. The molecule has 1 saturated heterocycles. The fraction of sp³-hybridized carbons (Fsp3) is 0.525. The predicted molar refractivity (Wildman–Crippen MR) is 271 cm³/mol. The van der Waals surface area contributed by atoms with Gasteiger partial charge in [-0.15, -0.1) is 6.58 Å². The molecule has 0 bridgehead atoms. The van der Waals surface area contributed by atoms with Gasteiger partial charge in [0.05, 0.1) is 24.8 Å². The number of benzene rings is 4. The normalized spacial score (nSPS) is 25.9. The third-order valence-electron chi connectivity index (χ3n) is 15.9. The second-order valence-corrected chi connectivity index (χ2v) is 20.4. The summed E-state index contributed by atoms with van der Waals surface area (Å²) in [5, 5.41) is 27.6. The lowest BCUT2D eigenvalue weighted by molar-refractivity contribution is -0.258. The number of carbonyl (C=O) groups is 1. The number of rotatable bonds is 21. The first-order chi connectivity index (χ1) is 33.8. The van der Waals surface area contributed by atoms with Crippen molar-refractivity contribution < 1.29 is 38.8 Å². The molecule has 368 valence electrons. The number of hydrogen-bond acceptors (Lipinski definition) is 9. The summed E-state index contributed by atoms with van der Waals surface area (Å²) in [6, 6.07) is 26.5. The lowest BCUT2D eigenvalue weighted by Gasteiger charge is -2.60. The number of hydrogen-bond donors (Lipinski definition) is 2. The van der Waals surface area contributed by atoms with Crippen molar-refractivity contribution in [3.63, 3.8) is 0 Å². The summed E-state index contributed by atoms with van der Waals surface area (Å²) in [7, 11) is 0. The Labute approximate surface area is 409 Å². The molecule has 0 spiro atoms. The van der Waals surface area contributed by atoms with E-state index < -0.39 is 24.0 Å². The van der Waals surface area contributed by atoms with Gasteiger partial charge in [0.2, 0.25) is 18.0 Å². The van der Waals surface area contributed by atoms with Crippen molar-refractivity contribution in [1.82, 2.24) is 4.90 Å². The molecule has 9 rings (SSSR count). The van der Waals surface area contributed by atoms with E-state index in [9.17, 15) is 10.2 Å². The summed E-state index contributed by atoms with van der Waals surface area (Å²) in [4.78, 5) is 24.1. The van der Waals surface area contributed by atoms with Crippen LogP contribution in [0.5, 0.6) is 17.2 Å². The number of amides is 1. The van der Waals surface area contributed by atoms with Crippen LogP contribution in [0.15, 0.2) is 108 Å². The Morgan fingerprint density at radius 3 is 2.42 bits per heavy atom. The first-order valence-corrected chi connectivity index (χ1v) is 26.2. The van der Waals surface area contributed by atoms with E-state index in [1.165, 1.54) is 18.4 Å². The zero-order valence-corrected chi connectivity index (χ0v) is 41.0. The average molecular weight is 939 g/mol. The van der Waals surface area contributed by atoms with Gasteiger partial charge >= 0.3 is 0 Å². The number of oxime groups is 1. The molecule has 0 radical (unpaired) electrons. The number of aryl methyl sites for hydroxylation is 2. The number of aliphatic hydroxyl groups excluding tert-OH is 2. The maximum Gasteiger partial charge on any atom is 0.239 e. The Kier molecular flexibility index (Phi) is 16.2. The SMILES string of the molecule is C=CCO[C@@]12Oc3ccc(Oc4ccc(C)c(C)c4)cc3[C@H]3[C@H](CCCCO)[C@@H](CCCCO)C=C(C(=NOC4CCCCO4)C[C@@H]1N(Cc1cccc4ccccc14)C(=O)CCC1CCCC1)[C@H]32. The van der Waals surface area contributed by atoms with Crippen molar-refractivity contribution in [2.75, 3.05) is 26.4 Å². The number of fused-ring (bicyclic) bond motifs is 3. The van der Waals surface area contributed by atoms with Crippen LogP contribution in [0.2, 0.25) is 0 Å². The lowest BCUT2D eigenvalue weighted by Crippen LogP contribution is -2.70. The Morgan fingerprint density at radius 1 is 0.870 bits per heavy atom.